The van der Waals surface area contributed by atoms with E-state index >= 15 is 0 Å². The molecule has 22 heavy (non-hydrogen) atoms. The fourth-order valence-electron chi connectivity index (χ4n) is 3.23. The van der Waals surface area contributed by atoms with Crippen LogP contribution in [0.4, 0.5) is 4.39 Å². The van der Waals surface area contributed by atoms with Gasteiger partial charge in [-0.15, -0.1) is 11.8 Å². The van der Waals surface area contributed by atoms with Gasteiger partial charge in [0.2, 0.25) is 0 Å². The molecule has 0 unspecified atom stereocenters. The number of carbonyl (C=O) groups is 1. The molecule has 1 aromatic rings. The lowest BCUT2D eigenvalue weighted by molar-refractivity contribution is -0.138. The summed E-state index contributed by atoms with van der Waals surface area (Å²) in [6.45, 7) is 4.01. The molecule has 0 bridgehead atoms. The number of ether oxygens (including phenoxy) is 2. The average Bonchev–Trinajstić information content (AvgIpc) is 2.92. The lowest BCUT2D eigenvalue weighted by atomic mass is 9.98. The molecule has 0 N–H and O–H groups in total. The van der Waals surface area contributed by atoms with E-state index in [1.165, 1.54) is 17.8 Å². The van der Waals surface area contributed by atoms with E-state index in [9.17, 15) is 9.18 Å². The van der Waals surface area contributed by atoms with Crippen LogP contribution in [0.25, 0.3) is 0 Å². The maximum Gasteiger partial charge on any atom is 0.258 e. The summed E-state index contributed by atoms with van der Waals surface area (Å²) < 4.78 is 25.7. The van der Waals surface area contributed by atoms with Gasteiger partial charge in [-0.2, -0.15) is 0 Å². The van der Waals surface area contributed by atoms with E-state index in [-0.39, 0.29) is 17.6 Å². The Bertz CT molecular complexity index is 575. The molecule has 2 fully saturated rings. The van der Waals surface area contributed by atoms with Gasteiger partial charge in [0.15, 0.2) is 0 Å². The third-order valence-corrected chi connectivity index (χ3v) is 4.95. The molecule has 2 atom stereocenters. The zero-order chi connectivity index (χ0) is 15.7. The summed E-state index contributed by atoms with van der Waals surface area (Å²) in [4.78, 5) is 15.2. The molecule has 0 aliphatic carbocycles. The third kappa shape index (κ3) is 2.87. The van der Waals surface area contributed by atoms with Crippen LogP contribution in [0.1, 0.15) is 23.7 Å². The van der Waals surface area contributed by atoms with E-state index in [2.05, 4.69) is 0 Å². The van der Waals surface area contributed by atoms with Gasteiger partial charge < -0.3 is 14.4 Å². The predicted octanol–water partition coefficient (Wildman–Crippen LogP) is 2.57. The molecule has 1 aromatic carbocycles. The van der Waals surface area contributed by atoms with Crippen LogP contribution in [0, 0.1) is 5.82 Å². The summed E-state index contributed by atoms with van der Waals surface area (Å²) >= 11 is 1.38. The third-order valence-electron chi connectivity index (χ3n) is 4.17. The summed E-state index contributed by atoms with van der Waals surface area (Å²) in [6.07, 6.45) is 2.54. The smallest absolute Gasteiger partial charge is 0.258 e. The maximum absolute atomic E-state index is 14.2. The molecule has 0 radical (unpaired) electrons. The highest BCUT2D eigenvalue weighted by Crippen LogP contribution is 2.32. The van der Waals surface area contributed by atoms with Gasteiger partial charge in [-0.05, 0) is 25.3 Å². The van der Waals surface area contributed by atoms with Crippen molar-refractivity contribution in [3.63, 3.8) is 0 Å². The second-order valence-electron chi connectivity index (χ2n) is 5.92. The summed E-state index contributed by atoms with van der Waals surface area (Å²) in [7, 11) is 0. The van der Waals surface area contributed by atoms with Crippen LogP contribution >= 0.6 is 11.8 Å². The first-order chi connectivity index (χ1) is 10.5. The van der Waals surface area contributed by atoms with Crippen molar-refractivity contribution in [1.29, 1.82) is 0 Å². The summed E-state index contributed by atoms with van der Waals surface area (Å²) in [5.74, 6) is -0.725. The van der Waals surface area contributed by atoms with Gasteiger partial charge in [0.25, 0.3) is 5.91 Å². The van der Waals surface area contributed by atoms with Crippen molar-refractivity contribution in [2.45, 2.75) is 29.9 Å². The van der Waals surface area contributed by atoms with Gasteiger partial charge in [-0.1, -0.05) is 6.07 Å². The topological polar surface area (TPSA) is 38.8 Å². The zero-order valence-corrected chi connectivity index (χ0v) is 13.6. The molecular weight excluding hydrogens is 305 g/mol. The normalized spacial score (nSPS) is 28.3. The number of nitrogens with zero attached hydrogens (tertiary/aromatic N) is 1. The van der Waals surface area contributed by atoms with Crippen LogP contribution in [0.15, 0.2) is 23.1 Å². The molecule has 2 aliphatic rings. The Morgan fingerprint density at radius 3 is 3.00 bits per heavy atom. The fourth-order valence-corrected chi connectivity index (χ4v) is 3.83. The number of rotatable bonds is 2. The Morgan fingerprint density at radius 2 is 2.32 bits per heavy atom. The number of halogens is 1. The highest BCUT2D eigenvalue weighted by atomic mass is 32.2. The number of amides is 1. The van der Waals surface area contributed by atoms with Crippen molar-refractivity contribution in [3.8, 4) is 0 Å². The Balaban J connectivity index is 1.88. The first kappa shape index (κ1) is 15.8. The summed E-state index contributed by atoms with van der Waals surface area (Å²) in [5.41, 5.74) is -0.267. The van der Waals surface area contributed by atoms with Crippen LogP contribution in [-0.2, 0) is 9.47 Å². The molecule has 120 valence electrons. The second kappa shape index (κ2) is 6.18. The van der Waals surface area contributed by atoms with Crippen LogP contribution in [0.3, 0.4) is 0 Å². The van der Waals surface area contributed by atoms with Crippen molar-refractivity contribution in [3.05, 3.63) is 29.6 Å². The molecule has 3 rings (SSSR count). The van der Waals surface area contributed by atoms with Gasteiger partial charge in [-0.25, -0.2) is 4.39 Å². The largest absolute Gasteiger partial charge is 0.378 e. The maximum atomic E-state index is 14.2. The number of thioether (sulfide) groups is 1. The lowest BCUT2D eigenvalue weighted by Gasteiger charge is -2.43. The first-order valence-electron chi connectivity index (χ1n) is 7.42. The first-order valence-corrected chi connectivity index (χ1v) is 8.64. The zero-order valence-electron chi connectivity index (χ0n) is 12.8. The van der Waals surface area contributed by atoms with Gasteiger partial charge >= 0.3 is 0 Å². The average molecular weight is 325 g/mol. The van der Waals surface area contributed by atoms with Gasteiger partial charge in [0.1, 0.15) is 11.4 Å². The molecule has 4 nitrogen and oxygen atoms in total. The van der Waals surface area contributed by atoms with Crippen LogP contribution in [0.2, 0.25) is 0 Å². The number of benzene rings is 1. The number of morpholine rings is 1. The molecule has 2 aliphatic heterocycles. The van der Waals surface area contributed by atoms with Gasteiger partial charge in [-0.3, -0.25) is 4.79 Å². The Morgan fingerprint density at radius 1 is 1.50 bits per heavy atom. The molecule has 2 heterocycles. The van der Waals surface area contributed by atoms with Crippen molar-refractivity contribution < 1.29 is 18.7 Å². The summed E-state index contributed by atoms with van der Waals surface area (Å²) in [5, 5.41) is 0. The standard InChI is InChI=1S/C16H20FNO3S/c1-11-8-18(9-16(21-11)6-7-20-10-16)15(19)14-12(17)4-3-5-13(14)22-2/h3-5,11H,6-10H2,1-2H3/t11-,16-/m0/s1. The van der Waals surface area contributed by atoms with Crippen molar-refractivity contribution in [2.75, 3.05) is 32.6 Å². The Kier molecular flexibility index (Phi) is 4.43. The summed E-state index contributed by atoms with van der Waals surface area (Å²) in [6, 6.07) is 4.75. The van der Waals surface area contributed by atoms with Crippen LogP contribution in [-0.4, -0.2) is 55.1 Å². The highest BCUT2D eigenvalue weighted by molar-refractivity contribution is 7.98. The molecule has 1 amide bonds. The molecule has 1 spiro atoms. The van der Waals surface area contributed by atoms with Gasteiger partial charge in [0, 0.05) is 24.5 Å². The molecular formula is C16H20FNO3S. The second-order valence-corrected chi connectivity index (χ2v) is 6.76. The minimum atomic E-state index is -0.465. The molecule has 2 saturated heterocycles. The monoisotopic (exact) mass is 325 g/mol. The number of hydrogen-bond acceptors (Lipinski definition) is 4. The molecule has 0 aromatic heterocycles. The van der Waals surface area contributed by atoms with Crippen molar-refractivity contribution >= 4 is 17.7 Å². The minimum Gasteiger partial charge on any atom is -0.378 e. The van der Waals surface area contributed by atoms with E-state index in [0.29, 0.717) is 31.2 Å². The lowest BCUT2D eigenvalue weighted by Crippen LogP contribution is -2.57. The molecule has 6 heteroatoms. The number of carbonyl (C=O) groups excluding carboxylic acids is 1. The van der Waals surface area contributed by atoms with Crippen molar-refractivity contribution in [1.82, 2.24) is 4.90 Å². The SMILES string of the molecule is CSc1cccc(F)c1C(=O)N1C[C@H](C)O[C@@]2(CCOC2)C1. The number of hydrogen-bond donors (Lipinski definition) is 0. The quantitative estimate of drug-likeness (QED) is 0.784. The van der Waals surface area contributed by atoms with E-state index in [1.54, 1.807) is 17.0 Å². The fraction of sp³-hybridized carbons (Fsp3) is 0.562. The van der Waals surface area contributed by atoms with E-state index in [0.717, 1.165) is 6.42 Å². The van der Waals surface area contributed by atoms with Crippen LogP contribution in [0.5, 0.6) is 0 Å². The van der Waals surface area contributed by atoms with Crippen molar-refractivity contribution in [2.24, 2.45) is 0 Å². The highest BCUT2D eigenvalue weighted by Gasteiger charge is 2.44. The van der Waals surface area contributed by atoms with E-state index in [1.807, 2.05) is 13.2 Å². The van der Waals surface area contributed by atoms with E-state index in [4.69, 9.17) is 9.47 Å². The molecule has 0 saturated carbocycles. The van der Waals surface area contributed by atoms with E-state index < -0.39 is 11.4 Å². The Hall–Kier alpha value is -1.11. The van der Waals surface area contributed by atoms with Crippen LogP contribution < -0.4 is 0 Å². The van der Waals surface area contributed by atoms with Gasteiger partial charge in [0.05, 0.1) is 24.8 Å². The predicted molar refractivity (Wildman–Crippen MR) is 82.8 cm³/mol. The Labute approximate surface area is 134 Å². The minimum absolute atomic E-state index is 0.0797.